The minimum atomic E-state index is -0.349. The van der Waals surface area contributed by atoms with Gasteiger partial charge >= 0.3 is 4.94 Å². The fraction of sp³-hybridized carbons (Fsp3) is 0.176. The first-order chi connectivity index (χ1) is 11.0. The number of para-hydroxylation sites is 1. The highest BCUT2D eigenvalue weighted by Crippen LogP contribution is 2.31. The monoisotopic (exact) mass is 329 g/mol. The molecule has 0 bridgehead atoms. The normalized spacial score (nSPS) is 10.7. The van der Waals surface area contributed by atoms with E-state index in [1.807, 2.05) is 32.0 Å². The summed E-state index contributed by atoms with van der Waals surface area (Å²) in [5.41, 5.74) is 2.90. The maximum Gasteiger partial charge on any atom is 0.396 e. The van der Waals surface area contributed by atoms with E-state index in [0.29, 0.717) is 17.0 Å². The Hall–Kier alpha value is -2.60. The molecule has 0 spiro atoms. The highest BCUT2D eigenvalue weighted by molar-refractivity contribution is 7.16. The zero-order valence-electron chi connectivity index (χ0n) is 12.7. The number of carbonyl (C=O) groups is 1. The van der Waals surface area contributed by atoms with Crippen LogP contribution in [0.25, 0.3) is 10.3 Å². The molecule has 5 nitrogen and oxygen atoms in total. The van der Waals surface area contributed by atoms with Gasteiger partial charge in [-0.1, -0.05) is 29.5 Å². The zero-order chi connectivity index (χ0) is 16.4. The van der Waals surface area contributed by atoms with Gasteiger partial charge in [0.1, 0.15) is 11.3 Å². The Kier molecular flexibility index (Phi) is 4.16. The molecule has 1 aromatic heterocycles. The summed E-state index contributed by atoms with van der Waals surface area (Å²) < 4.78 is 11.3. The van der Waals surface area contributed by atoms with Crippen molar-refractivity contribution in [3.05, 3.63) is 57.3 Å². The van der Waals surface area contributed by atoms with Crippen LogP contribution in [0.3, 0.4) is 0 Å². The summed E-state index contributed by atoms with van der Waals surface area (Å²) in [5.74, 6) is 0.384. The molecule has 0 saturated heterocycles. The number of benzene rings is 2. The maximum absolute atomic E-state index is 12.1. The molecule has 2 aromatic carbocycles. The van der Waals surface area contributed by atoms with Crippen molar-refractivity contribution in [1.29, 1.82) is 0 Å². The number of hydrogen-bond donors (Lipinski definition) is 1. The van der Waals surface area contributed by atoms with Crippen molar-refractivity contribution in [1.82, 2.24) is 0 Å². The first-order valence-electron chi connectivity index (χ1n) is 7.06. The molecule has 1 amide bonds. The first kappa shape index (κ1) is 15.3. The molecular formula is C17H15NO4S. The predicted molar refractivity (Wildman–Crippen MR) is 90.4 cm³/mol. The summed E-state index contributed by atoms with van der Waals surface area (Å²) in [7, 11) is 0. The number of anilines is 1. The van der Waals surface area contributed by atoms with Crippen molar-refractivity contribution in [3.63, 3.8) is 0 Å². The number of rotatable bonds is 4. The molecule has 0 fully saturated rings. The van der Waals surface area contributed by atoms with E-state index in [1.54, 1.807) is 18.2 Å². The van der Waals surface area contributed by atoms with Gasteiger partial charge in [0.2, 0.25) is 0 Å². The largest absolute Gasteiger partial charge is 0.484 e. The first-order valence-corrected chi connectivity index (χ1v) is 7.88. The van der Waals surface area contributed by atoms with E-state index in [1.165, 1.54) is 0 Å². The van der Waals surface area contributed by atoms with Gasteiger partial charge in [-0.05, 0) is 43.2 Å². The molecule has 1 N–H and O–H groups in total. The van der Waals surface area contributed by atoms with Crippen molar-refractivity contribution in [2.75, 3.05) is 11.9 Å². The molecule has 0 aliphatic rings. The highest BCUT2D eigenvalue weighted by Gasteiger charge is 2.14. The highest BCUT2D eigenvalue weighted by atomic mass is 32.1. The van der Waals surface area contributed by atoms with E-state index < -0.39 is 0 Å². The standard InChI is InChI=1S/C17H15NO4S/c1-10-8-13-16(23-17(20)22-13)11(2)15(10)18-14(19)9-21-12-6-4-3-5-7-12/h3-8H,9H2,1-2H3,(H,18,19). The average molecular weight is 329 g/mol. The Bertz CT molecular complexity index is 911. The second-order valence-corrected chi connectivity index (χ2v) is 6.07. The number of amides is 1. The zero-order valence-corrected chi connectivity index (χ0v) is 13.5. The van der Waals surface area contributed by atoms with E-state index >= 15 is 0 Å². The van der Waals surface area contributed by atoms with E-state index in [4.69, 9.17) is 9.15 Å². The Morgan fingerprint density at radius 1 is 1.26 bits per heavy atom. The number of hydrogen-bond acceptors (Lipinski definition) is 5. The second-order valence-electron chi connectivity index (χ2n) is 5.12. The lowest BCUT2D eigenvalue weighted by Crippen LogP contribution is -2.21. The van der Waals surface area contributed by atoms with Crippen LogP contribution >= 0.6 is 11.3 Å². The van der Waals surface area contributed by atoms with Gasteiger partial charge in [-0.2, -0.15) is 0 Å². The van der Waals surface area contributed by atoms with Crippen LogP contribution in [0.4, 0.5) is 5.69 Å². The number of ether oxygens (including phenoxy) is 1. The van der Waals surface area contributed by atoms with Gasteiger partial charge in [0.25, 0.3) is 5.91 Å². The molecule has 6 heteroatoms. The minimum Gasteiger partial charge on any atom is -0.484 e. The molecular weight excluding hydrogens is 314 g/mol. The van der Waals surface area contributed by atoms with E-state index in [0.717, 1.165) is 27.2 Å². The van der Waals surface area contributed by atoms with Crippen molar-refractivity contribution in [2.45, 2.75) is 13.8 Å². The number of fused-ring (bicyclic) bond motifs is 1. The van der Waals surface area contributed by atoms with Gasteiger partial charge < -0.3 is 14.5 Å². The third-order valence-corrected chi connectivity index (χ3v) is 4.40. The third kappa shape index (κ3) is 3.27. The smallest absolute Gasteiger partial charge is 0.396 e. The van der Waals surface area contributed by atoms with Crippen LogP contribution in [-0.4, -0.2) is 12.5 Å². The van der Waals surface area contributed by atoms with Crippen LogP contribution in [0.2, 0.25) is 0 Å². The molecule has 0 radical (unpaired) electrons. The number of aryl methyl sites for hydroxylation is 2. The molecule has 0 unspecified atom stereocenters. The van der Waals surface area contributed by atoms with E-state index in [9.17, 15) is 9.59 Å². The van der Waals surface area contributed by atoms with Crippen LogP contribution in [0.1, 0.15) is 11.1 Å². The van der Waals surface area contributed by atoms with Crippen LogP contribution in [0.5, 0.6) is 5.75 Å². The lowest BCUT2D eigenvalue weighted by Gasteiger charge is -2.12. The molecule has 3 aromatic rings. The van der Waals surface area contributed by atoms with Crippen LogP contribution < -0.4 is 15.0 Å². The van der Waals surface area contributed by atoms with Crippen LogP contribution in [0, 0.1) is 13.8 Å². The summed E-state index contributed by atoms with van der Waals surface area (Å²) in [6.07, 6.45) is 0. The van der Waals surface area contributed by atoms with Gasteiger partial charge in [-0.25, -0.2) is 4.79 Å². The molecule has 0 aliphatic carbocycles. The van der Waals surface area contributed by atoms with Gasteiger partial charge in [0.05, 0.1) is 4.70 Å². The Morgan fingerprint density at radius 3 is 2.74 bits per heavy atom. The van der Waals surface area contributed by atoms with Gasteiger partial charge in [0, 0.05) is 5.69 Å². The summed E-state index contributed by atoms with van der Waals surface area (Å²) in [5, 5.41) is 2.85. The summed E-state index contributed by atoms with van der Waals surface area (Å²) >= 11 is 1.03. The van der Waals surface area contributed by atoms with Gasteiger partial charge in [-0.15, -0.1) is 0 Å². The molecule has 0 aliphatic heterocycles. The van der Waals surface area contributed by atoms with Crippen LogP contribution in [0.15, 0.2) is 45.6 Å². The maximum atomic E-state index is 12.1. The SMILES string of the molecule is Cc1cc2oc(=O)sc2c(C)c1NC(=O)COc1ccccc1. The predicted octanol–water partition coefficient (Wildman–Crippen LogP) is 3.49. The fourth-order valence-electron chi connectivity index (χ4n) is 2.36. The summed E-state index contributed by atoms with van der Waals surface area (Å²) in [6.45, 7) is 3.63. The third-order valence-electron chi connectivity index (χ3n) is 3.44. The van der Waals surface area contributed by atoms with Crippen molar-refractivity contribution in [3.8, 4) is 5.75 Å². The lowest BCUT2D eigenvalue weighted by molar-refractivity contribution is -0.118. The topological polar surface area (TPSA) is 68.5 Å². The Labute approximate surface area is 136 Å². The molecule has 118 valence electrons. The number of carbonyl (C=O) groups excluding carboxylic acids is 1. The van der Waals surface area contributed by atoms with Crippen LogP contribution in [-0.2, 0) is 4.79 Å². The minimum absolute atomic E-state index is 0.0808. The second kappa shape index (κ2) is 6.26. The lowest BCUT2D eigenvalue weighted by atomic mass is 10.1. The fourth-order valence-corrected chi connectivity index (χ4v) is 3.11. The van der Waals surface area contributed by atoms with Gasteiger partial charge in [0.15, 0.2) is 6.61 Å². The quantitative estimate of drug-likeness (QED) is 0.795. The molecule has 0 atom stereocenters. The molecule has 3 rings (SSSR count). The van der Waals surface area contributed by atoms with E-state index in [-0.39, 0.29) is 17.5 Å². The van der Waals surface area contributed by atoms with Crippen molar-refractivity contribution >= 4 is 33.2 Å². The molecule has 1 heterocycles. The Morgan fingerprint density at radius 2 is 2.00 bits per heavy atom. The van der Waals surface area contributed by atoms with Gasteiger partial charge in [-0.3, -0.25) is 4.79 Å². The number of nitrogens with one attached hydrogen (secondary N) is 1. The summed E-state index contributed by atoms with van der Waals surface area (Å²) in [6, 6.07) is 10.9. The summed E-state index contributed by atoms with van der Waals surface area (Å²) in [4.78, 5) is 23.2. The Balaban J connectivity index is 1.78. The average Bonchev–Trinajstić information content (AvgIpc) is 2.91. The molecule has 0 saturated carbocycles. The van der Waals surface area contributed by atoms with E-state index in [2.05, 4.69) is 5.32 Å². The molecule has 23 heavy (non-hydrogen) atoms. The van der Waals surface area contributed by atoms with Crippen molar-refractivity contribution < 1.29 is 13.9 Å². The van der Waals surface area contributed by atoms with Crippen molar-refractivity contribution in [2.24, 2.45) is 0 Å².